The molecule has 3 atom stereocenters. The number of fused-ring (bicyclic) bond motifs is 2. The van der Waals surface area contributed by atoms with Gasteiger partial charge in [-0.2, -0.15) is 0 Å². The number of amides is 1. The second-order valence-electron chi connectivity index (χ2n) is 7.98. The highest BCUT2D eigenvalue weighted by atomic mass is 19.1. The maximum Gasteiger partial charge on any atom is 0.269 e. The molecule has 2 fully saturated rings. The van der Waals surface area contributed by atoms with Crippen molar-refractivity contribution in [1.82, 2.24) is 10.2 Å². The SMILES string of the molecule is O=C(NC1C[C@H]2CCC[C@@H](C1)N2Cc1ccc(F)cc1)c1ccc([N+](=O)[O-])cc1. The van der Waals surface area contributed by atoms with Gasteiger partial charge in [0.25, 0.3) is 11.6 Å². The Balaban J connectivity index is 1.39. The van der Waals surface area contributed by atoms with Crippen molar-refractivity contribution < 1.29 is 14.1 Å². The lowest BCUT2D eigenvalue weighted by Crippen LogP contribution is -2.56. The van der Waals surface area contributed by atoms with Crippen LogP contribution in [0.3, 0.4) is 0 Å². The molecule has 0 aliphatic carbocycles. The third-order valence-corrected chi connectivity index (χ3v) is 6.08. The van der Waals surface area contributed by atoms with Crippen LogP contribution in [0.2, 0.25) is 0 Å². The Morgan fingerprint density at radius 3 is 2.28 bits per heavy atom. The molecule has 2 aromatic carbocycles. The van der Waals surface area contributed by atoms with E-state index in [1.54, 1.807) is 0 Å². The molecule has 2 heterocycles. The van der Waals surface area contributed by atoms with Crippen molar-refractivity contribution >= 4 is 11.6 Å². The van der Waals surface area contributed by atoms with E-state index in [2.05, 4.69) is 10.2 Å². The van der Waals surface area contributed by atoms with E-state index >= 15 is 0 Å². The quantitative estimate of drug-likeness (QED) is 0.610. The number of piperidine rings is 2. The van der Waals surface area contributed by atoms with Crippen LogP contribution in [0.5, 0.6) is 0 Å². The van der Waals surface area contributed by atoms with Crippen LogP contribution in [0.15, 0.2) is 48.5 Å². The van der Waals surface area contributed by atoms with Crippen LogP contribution in [-0.2, 0) is 6.54 Å². The first-order valence-corrected chi connectivity index (χ1v) is 10.0. The molecule has 2 aromatic rings. The van der Waals surface area contributed by atoms with E-state index in [1.807, 2.05) is 12.1 Å². The number of benzene rings is 2. The zero-order chi connectivity index (χ0) is 20.4. The summed E-state index contributed by atoms with van der Waals surface area (Å²) in [6.07, 6.45) is 5.16. The summed E-state index contributed by atoms with van der Waals surface area (Å²) in [5.41, 5.74) is 1.52. The highest BCUT2D eigenvalue weighted by molar-refractivity contribution is 5.94. The Morgan fingerprint density at radius 1 is 1.07 bits per heavy atom. The van der Waals surface area contributed by atoms with E-state index in [9.17, 15) is 19.3 Å². The maximum absolute atomic E-state index is 13.2. The molecule has 0 radical (unpaired) electrons. The molecule has 1 amide bonds. The largest absolute Gasteiger partial charge is 0.349 e. The predicted molar refractivity (Wildman–Crippen MR) is 107 cm³/mol. The third-order valence-electron chi connectivity index (χ3n) is 6.08. The van der Waals surface area contributed by atoms with Gasteiger partial charge in [0.1, 0.15) is 5.82 Å². The standard InChI is InChI=1S/C22H24FN3O3/c23-17-8-4-15(5-9-17)14-25-20-2-1-3-21(25)13-18(12-20)24-22(27)16-6-10-19(11-7-16)26(28)29/h4-11,18,20-21H,1-3,12-14H2,(H,24,27)/t18?,20-,21+. The van der Waals surface area contributed by atoms with Crippen LogP contribution in [0.1, 0.15) is 48.0 Å². The molecule has 2 saturated heterocycles. The predicted octanol–water partition coefficient (Wildman–Crippen LogP) is 4.05. The van der Waals surface area contributed by atoms with Crippen LogP contribution in [0, 0.1) is 15.9 Å². The molecule has 0 aromatic heterocycles. The lowest BCUT2D eigenvalue weighted by molar-refractivity contribution is -0.384. The Hall–Kier alpha value is -2.80. The van der Waals surface area contributed by atoms with Gasteiger partial charge < -0.3 is 5.32 Å². The molecule has 0 saturated carbocycles. The van der Waals surface area contributed by atoms with E-state index in [4.69, 9.17) is 0 Å². The molecular weight excluding hydrogens is 373 g/mol. The normalized spacial score (nSPS) is 24.1. The van der Waals surface area contributed by atoms with Crippen LogP contribution >= 0.6 is 0 Å². The van der Waals surface area contributed by atoms with Gasteiger partial charge in [-0.05, 0) is 55.5 Å². The van der Waals surface area contributed by atoms with Crippen molar-refractivity contribution in [3.63, 3.8) is 0 Å². The minimum absolute atomic E-state index is 0.0230. The third kappa shape index (κ3) is 4.45. The smallest absolute Gasteiger partial charge is 0.269 e. The van der Waals surface area contributed by atoms with Gasteiger partial charge in [-0.25, -0.2) is 4.39 Å². The van der Waals surface area contributed by atoms with Gasteiger partial charge in [-0.15, -0.1) is 0 Å². The number of carbonyl (C=O) groups excluding carboxylic acids is 1. The average molecular weight is 397 g/mol. The first kappa shape index (κ1) is 19.5. The van der Waals surface area contributed by atoms with Gasteiger partial charge in [-0.1, -0.05) is 18.6 Å². The minimum atomic E-state index is -0.473. The molecule has 7 heteroatoms. The summed E-state index contributed by atoms with van der Waals surface area (Å²) in [6.45, 7) is 0.804. The maximum atomic E-state index is 13.2. The van der Waals surface area contributed by atoms with Crippen LogP contribution in [0.25, 0.3) is 0 Å². The fourth-order valence-electron chi connectivity index (χ4n) is 4.66. The summed E-state index contributed by atoms with van der Waals surface area (Å²) in [5, 5.41) is 13.9. The number of rotatable bonds is 5. The molecular formula is C22H24FN3O3. The number of nitrogens with one attached hydrogen (secondary N) is 1. The minimum Gasteiger partial charge on any atom is -0.349 e. The van der Waals surface area contributed by atoms with Crippen LogP contribution in [-0.4, -0.2) is 33.9 Å². The van der Waals surface area contributed by atoms with Crippen molar-refractivity contribution in [3.8, 4) is 0 Å². The topological polar surface area (TPSA) is 75.5 Å². The van der Waals surface area contributed by atoms with Gasteiger partial charge in [0.2, 0.25) is 0 Å². The van der Waals surface area contributed by atoms with Gasteiger partial charge >= 0.3 is 0 Å². The molecule has 1 N–H and O–H groups in total. The molecule has 4 rings (SSSR count). The average Bonchev–Trinajstić information content (AvgIpc) is 2.70. The molecule has 2 bridgehead atoms. The Bertz CT molecular complexity index is 871. The van der Waals surface area contributed by atoms with E-state index in [0.717, 1.165) is 37.8 Å². The summed E-state index contributed by atoms with van der Waals surface area (Å²) < 4.78 is 13.2. The first-order valence-electron chi connectivity index (χ1n) is 10.0. The number of carbonyl (C=O) groups is 1. The van der Waals surface area contributed by atoms with Crippen LogP contribution in [0.4, 0.5) is 10.1 Å². The Morgan fingerprint density at radius 2 is 1.69 bits per heavy atom. The van der Waals surface area contributed by atoms with E-state index in [0.29, 0.717) is 17.6 Å². The summed E-state index contributed by atoms with van der Waals surface area (Å²) in [7, 11) is 0. The fraction of sp³-hybridized carbons (Fsp3) is 0.409. The first-order chi connectivity index (χ1) is 14.0. The zero-order valence-corrected chi connectivity index (χ0v) is 16.1. The number of hydrogen-bond donors (Lipinski definition) is 1. The van der Waals surface area contributed by atoms with Crippen molar-refractivity contribution in [2.45, 2.75) is 56.8 Å². The summed E-state index contributed by atoms with van der Waals surface area (Å²) in [5.74, 6) is -0.406. The fourth-order valence-corrected chi connectivity index (χ4v) is 4.66. The van der Waals surface area contributed by atoms with Gasteiger partial charge in [-0.3, -0.25) is 19.8 Å². The number of hydrogen-bond acceptors (Lipinski definition) is 4. The van der Waals surface area contributed by atoms with Gasteiger partial charge in [0.05, 0.1) is 4.92 Å². The zero-order valence-electron chi connectivity index (χ0n) is 16.1. The Labute approximate surface area is 168 Å². The molecule has 0 spiro atoms. The van der Waals surface area contributed by atoms with Crippen LogP contribution < -0.4 is 5.32 Å². The van der Waals surface area contributed by atoms with Gasteiger partial charge in [0, 0.05) is 42.4 Å². The molecule has 2 aliphatic heterocycles. The number of nitro groups is 1. The monoisotopic (exact) mass is 397 g/mol. The van der Waals surface area contributed by atoms with Crippen molar-refractivity contribution in [3.05, 3.63) is 75.6 Å². The summed E-state index contributed by atoms with van der Waals surface area (Å²) >= 11 is 0. The summed E-state index contributed by atoms with van der Waals surface area (Å²) in [4.78, 5) is 25.4. The van der Waals surface area contributed by atoms with E-state index < -0.39 is 4.92 Å². The molecule has 152 valence electrons. The lowest BCUT2D eigenvalue weighted by atomic mass is 9.81. The second-order valence-corrected chi connectivity index (χ2v) is 7.98. The second kappa shape index (κ2) is 8.29. The number of non-ortho nitro benzene ring substituents is 1. The van der Waals surface area contributed by atoms with Crippen molar-refractivity contribution in [2.24, 2.45) is 0 Å². The van der Waals surface area contributed by atoms with Gasteiger partial charge in [0.15, 0.2) is 0 Å². The molecule has 29 heavy (non-hydrogen) atoms. The van der Waals surface area contributed by atoms with Crippen molar-refractivity contribution in [2.75, 3.05) is 0 Å². The number of nitrogens with zero attached hydrogens (tertiary/aromatic N) is 2. The summed E-state index contributed by atoms with van der Waals surface area (Å²) in [6, 6.07) is 13.3. The molecule has 6 nitrogen and oxygen atoms in total. The number of halogens is 1. The van der Waals surface area contributed by atoms with E-state index in [-0.39, 0.29) is 23.5 Å². The highest BCUT2D eigenvalue weighted by Gasteiger charge is 2.38. The Kier molecular flexibility index (Phi) is 5.58. The number of nitro benzene ring substituents is 1. The molecule has 2 aliphatic rings. The van der Waals surface area contributed by atoms with E-state index in [1.165, 1.54) is 42.8 Å². The lowest BCUT2D eigenvalue weighted by Gasteiger charge is -2.49. The highest BCUT2D eigenvalue weighted by Crippen LogP contribution is 2.35. The molecule has 1 unspecified atom stereocenters. The van der Waals surface area contributed by atoms with Crippen molar-refractivity contribution in [1.29, 1.82) is 0 Å².